The Morgan fingerprint density at radius 3 is 2.77 bits per heavy atom. The number of fused-ring (bicyclic) bond motifs is 1. The molecule has 1 aromatic carbocycles. The van der Waals surface area contributed by atoms with Gasteiger partial charge in [0.15, 0.2) is 0 Å². The number of carbonyl (C=O) groups excluding carboxylic acids is 1. The lowest BCUT2D eigenvalue weighted by atomic mass is 10.2. The number of aromatic nitrogens is 1. The van der Waals surface area contributed by atoms with E-state index in [0.717, 1.165) is 48.5 Å². The van der Waals surface area contributed by atoms with Crippen molar-refractivity contribution >= 4 is 27.5 Å². The van der Waals surface area contributed by atoms with E-state index in [1.807, 2.05) is 33.0 Å². The van der Waals surface area contributed by atoms with Gasteiger partial charge in [-0.3, -0.25) is 4.79 Å². The Bertz CT molecular complexity index is 924. The maximum atomic E-state index is 13.6. The zero-order valence-electron chi connectivity index (χ0n) is 14.9. The van der Waals surface area contributed by atoms with Crippen LogP contribution in [-0.2, 0) is 6.54 Å². The monoisotopic (exact) mass is 372 g/mol. The lowest BCUT2D eigenvalue weighted by molar-refractivity contribution is -0.902. The number of nitrogens with zero attached hydrogens (tertiary/aromatic N) is 2. The molecule has 1 aliphatic rings. The highest BCUT2D eigenvalue weighted by molar-refractivity contribution is 7.16. The van der Waals surface area contributed by atoms with Crippen molar-refractivity contribution in [2.24, 2.45) is 0 Å². The van der Waals surface area contributed by atoms with E-state index in [0.29, 0.717) is 12.2 Å². The third-order valence-corrected chi connectivity index (χ3v) is 6.16. The molecule has 0 bridgehead atoms. The molecule has 4 rings (SSSR count). The molecular weight excluding hydrogens is 349 g/mol. The molecule has 0 radical (unpaired) electrons. The van der Waals surface area contributed by atoms with Crippen LogP contribution in [0.2, 0.25) is 0 Å². The van der Waals surface area contributed by atoms with Crippen molar-refractivity contribution in [3.63, 3.8) is 0 Å². The fourth-order valence-electron chi connectivity index (χ4n) is 3.67. The van der Waals surface area contributed by atoms with Gasteiger partial charge in [-0.25, -0.2) is 4.39 Å². The lowest BCUT2D eigenvalue weighted by Gasteiger charge is -2.31. The predicted octanol–water partition coefficient (Wildman–Crippen LogP) is 2.25. The molecule has 1 fully saturated rings. The van der Waals surface area contributed by atoms with Crippen LogP contribution in [-0.4, -0.2) is 48.1 Å². The van der Waals surface area contributed by atoms with E-state index in [2.05, 4.69) is 6.92 Å². The molecule has 6 heteroatoms. The van der Waals surface area contributed by atoms with Crippen molar-refractivity contribution in [2.75, 3.05) is 32.7 Å². The molecule has 1 aliphatic heterocycles. The third-order valence-electron chi connectivity index (χ3n) is 5.21. The minimum Gasteiger partial charge on any atom is -0.332 e. The van der Waals surface area contributed by atoms with Crippen LogP contribution in [0.15, 0.2) is 41.8 Å². The maximum absolute atomic E-state index is 13.6. The van der Waals surface area contributed by atoms with Gasteiger partial charge < -0.3 is 14.4 Å². The second-order valence-electron chi connectivity index (χ2n) is 6.82. The van der Waals surface area contributed by atoms with Crippen molar-refractivity contribution in [3.05, 3.63) is 58.9 Å². The van der Waals surface area contributed by atoms with Crippen LogP contribution in [0.4, 0.5) is 4.39 Å². The van der Waals surface area contributed by atoms with Gasteiger partial charge >= 0.3 is 0 Å². The molecule has 0 saturated carbocycles. The number of nitrogens with one attached hydrogen (secondary N) is 1. The Morgan fingerprint density at radius 2 is 2.04 bits per heavy atom. The molecule has 1 saturated heterocycles. The SMILES string of the molecule is CC[NH+]1CCN(C(=O)c2cc3ccsc3n2Cc2cccc(F)c2)CC1. The summed E-state index contributed by atoms with van der Waals surface area (Å²) in [6, 6.07) is 10.6. The third kappa shape index (κ3) is 3.27. The smallest absolute Gasteiger partial charge is 0.270 e. The standard InChI is InChI=1S/C20H22FN3OS/c1-2-22-7-9-23(10-8-22)19(25)18-13-16-6-11-26-20(16)24(18)14-15-4-3-5-17(21)12-15/h3-6,11-13H,2,7-10,14H2,1H3/p+1. The first-order valence-corrected chi connectivity index (χ1v) is 9.97. The van der Waals surface area contributed by atoms with E-state index < -0.39 is 0 Å². The highest BCUT2D eigenvalue weighted by Gasteiger charge is 2.26. The van der Waals surface area contributed by atoms with E-state index in [-0.39, 0.29) is 11.7 Å². The first-order chi connectivity index (χ1) is 12.7. The topological polar surface area (TPSA) is 29.7 Å². The molecule has 0 unspecified atom stereocenters. The fraction of sp³-hybridized carbons (Fsp3) is 0.350. The van der Waals surface area contributed by atoms with Crippen LogP contribution in [0, 0.1) is 5.82 Å². The molecule has 2 aromatic heterocycles. The van der Waals surface area contributed by atoms with E-state index in [1.54, 1.807) is 22.3 Å². The van der Waals surface area contributed by atoms with Gasteiger partial charge in [-0.1, -0.05) is 12.1 Å². The van der Waals surface area contributed by atoms with E-state index in [1.165, 1.54) is 12.1 Å². The predicted molar refractivity (Wildman–Crippen MR) is 102 cm³/mol. The van der Waals surface area contributed by atoms with Crippen LogP contribution in [0.25, 0.3) is 10.2 Å². The average Bonchev–Trinajstić information content (AvgIpc) is 3.24. The molecule has 0 atom stereocenters. The average molecular weight is 372 g/mol. The van der Waals surface area contributed by atoms with Gasteiger partial charge in [0.2, 0.25) is 0 Å². The van der Waals surface area contributed by atoms with Gasteiger partial charge in [-0.15, -0.1) is 11.3 Å². The molecular formula is C20H23FN3OS+. The molecule has 3 heterocycles. The number of piperazine rings is 1. The quantitative estimate of drug-likeness (QED) is 0.748. The van der Waals surface area contributed by atoms with Gasteiger partial charge in [0.1, 0.15) is 16.3 Å². The fourth-order valence-corrected chi connectivity index (χ4v) is 4.57. The van der Waals surface area contributed by atoms with Gasteiger partial charge in [0.25, 0.3) is 5.91 Å². The van der Waals surface area contributed by atoms with Gasteiger partial charge in [0, 0.05) is 11.9 Å². The summed E-state index contributed by atoms with van der Waals surface area (Å²) in [5.74, 6) is -0.163. The molecule has 0 spiro atoms. The van der Waals surface area contributed by atoms with Crippen molar-refractivity contribution in [2.45, 2.75) is 13.5 Å². The first kappa shape index (κ1) is 17.2. The molecule has 1 N–H and O–H groups in total. The number of likely N-dealkylation sites (N-methyl/N-ethyl adjacent to an activating group) is 1. The molecule has 136 valence electrons. The number of hydrogen-bond acceptors (Lipinski definition) is 2. The number of quaternary nitrogens is 1. The number of thiophene rings is 1. The van der Waals surface area contributed by atoms with Gasteiger partial charge in [-0.05, 0) is 42.1 Å². The summed E-state index contributed by atoms with van der Waals surface area (Å²) in [5, 5.41) is 3.11. The van der Waals surface area contributed by atoms with Gasteiger partial charge in [0.05, 0.1) is 32.7 Å². The summed E-state index contributed by atoms with van der Waals surface area (Å²) < 4.78 is 15.6. The van der Waals surface area contributed by atoms with Crippen LogP contribution in [0.1, 0.15) is 23.0 Å². The summed E-state index contributed by atoms with van der Waals surface area (Å²) in [7, 11) is 0. The number of rotatable bonds is 4. The van der Waals surface area contributed by atoms with Crippen molar-refractivity contribution in [1.82, 2.24) is 9.47 Å². The van der Waals surface area contributed by atoms with Crippen molar-refractivity contribution in [3.8, 4) is 0 Å². The van der Waals surface area contributed by atoms with Crippen molar-refractivity contribution in [1.29, 1.82) is 0 Å². The minimum absolute atomic E-state index is 0.0833. The number of carbonyl (C=O) groups is 1. The molecule has 4 nitrogen and oxygen atoms in total. The number of amides is 1. The van der Waals surface area contributed by atoms with E-state index in [9.17, 15) is 9.18 Å². The van der Waals surface area contributed by atoms with Crippen LogP contribution >= 0.6 is 11.3 Å². The summed E-state index contributed by atoms with van der Waals surface area (Å²) in [6.45, 7) is 7.38. The number of hydrogen-bond donors (Lipinski definition) is 1. The maximum Gasteiger partial charge on any atom is 0.270 e. The Labute approximate surface area is 156 Å². The van der Waals surface area contributed by atoms with E-state index in [4.69, 9.17) is 0 Å². The van der Waals surface area contributed by atoms with Crippen LogP contribution < -0.4 is 4.90 Å². The summed E-state index contributed by atoms with van der Waals surface area (Å²) in [4.78, 5) is 17.7. The number of halogens is 1. The molecule has 3 aromatic rings. The Kier molecular flexibility index (Phi) is 4.78. The number of benzene rings is 1. The highest BCUT2D eigenvalue weighted by Crippen LogP contribution is 2.27. The molecule has 0 aliphatic carbocycles. The van der Waals surface area contributed by atoms with Crippen molar-refractivity contribution < 1.29 is 14.1 Å². The Balaban J connectivity index is 1.64. The Morgan fingerprint density at radius 1 is 1.23 bits per heavy atom. The lowest BCUT2D eigenvalue weighted by Crippen LogP contribution is -3.14. The summed E-state index contributed by atoms with van der Waals surface area (Å²) in [5.41, 5.74) is 1.57. The zero-order valence-corrected chi connectivity index (χ0v) is 15.7. The summed E-state index contributed by atoms with van der Waals surface area (Å²) >= 11 is 1.62. The Hall–Kier alpha value is -2.18. The minimum atomic E-state index is -0.247. The molecule has 26 heavy (non-hydrogen) atoms. The first-order valence-electron chi connectivity index (χ1n) is 9.09. The second-order valence-corrected chi connectivity index (χ2v) is 7.72. The summed E-state index contributed by atoms with van der Waals surface area (Å²) in [6.07, 6.45) is 0. The van der Waals surface area contributed by atoms with Gasteiger partial charge in [-0.2, -0.15) is 0 Å². The van der Waals surface area contributed by atoms with Crippen LogP contribution in [0.5, 0.6) is 0 Å². The van der Waals surface area contributed by atoms with Crippen LogP contribution in [0.3, 0.4) is 0 Å². The van der Waals surface area contributed by atoms with E-state index >= 15 is 0 Å². The normalized spacial score (nSPS) is 15.7. The largest absolute Gasteiger partial charge is 0.332 e. The molecule has 1 amide bonds. The highest BCUT2D eigenvalue weighted by atomic mass is 32.1. The zero-order chi connectivity index (χ0) is 18.1. The second kappa shape index (κ2) is 7.21.